The smallest absolute Gasteiger partial charge is 0.407 e. The minimum absolute atomic E-state index is 0.0549. The zero-order valence-electron chi connectivity index (χ0n) is 15.8. The minimum atomic E-state index is -0.558. The molecule has 2 rings (SSSR count). The first-order valence-electron chi connectivity index (χ1n) is 8.80. The summed E-state index contributed by atoms with van der Waals surface area (Å²) in [4.78, 5) is 37.5. The van der Waals surface area contributed by atoms with E-state index in [2.05, 4.69) is 10.6 Å². The van der Waals surface area contributed by atoms with Crippen LogP contribution in [-0.4, -0.2) is 47.5 Å². The number of urea groups is 1. The monoisotopic (exact) mass is 361 g/mol. The summed E-state index contributed by atoms with van der Waals surface area (Å²) in [6.45, 7) is 7.94. The molecule has 3 amide bonds. The topological polar surface area (TPSA) is 87.7 Å². The first-order chi connectivity index (χ1) is 12.1. The third-order valence-electron chi connectivity index (χ3n) is 3.95. The molecule has 142 valence electrons. The van der Waals surface area contributed by atoms with Crippen molar-refractivity contribution in [2.24, 2.45) is 0 Å². The first kappa shape index (κ1) is 19.8. The van der Waals surface area contributed by atoms with Crippen molar-refractivity contribution < 1.29 is 19.1 Å². The maximum absolute atomic E-state index is 12.5. The molecule has 0 saturated carbocycles. The van der Waals surface area contributed by atoms with E-state index in [1.54, 1.807) is 29.2 Å². The van der Waals surface area contributed by atoms with E-state index >= 15 is 0 Å². The second-order valence-electron chi connectivity index (χ2n) is 7.50. The van der Waals surface area contributed by atoms with Gasteiger partial charge in [0, 0.05) is 30.4 Å². The Labute approximate surface area is 154 Å². The third-order valence-corrected chi connectivity index (χ3v) is 3.95. The molecule has 1 aliphatic heterocycles. The van der Waals surface area contributed by atoms with Gasteiger partial charge in [-0.25, -0.2) is 9.59 Å². The zero-order chi connectivity index (χ0) is 19.3. The molecule has 1 aliphatic rings. The summed E-state index contributed by atoms with van der Waals surface area (Å²) in [7, 11) is 0. The molecule has 0 bridgehead atoms. The summed E-state index contributed by atoms with van der Waals surface area (Å²) < 4.78 is 5.27. The molecule has 0 radical (unpaired) electrons. The predicted octanol–water partition coefficient (Wildman–Crippen LogP) is 3.41. The van der Waals surface area contributed by atoms with Gasteiger partial charge in [0.25, 0.3) is 0 Å². The summed E-state index contributed by atoms with van der Waals surface area (Å²) in [6.07, 6.45) is 1.11. The average molecular weight is 361 g/mol. The number of anilines is 1. The van der Waals surface area contributed by atoms with E-state index in [9.17, 15) is 14.4 Å². The molecule has 7 nitrogen and oxygen atoms in total. The fraction of sp³-hybridized carbons (Fsp3) is 0.526. The van der Waals surface area contributed by atoms with Gasteiger partial charge in [0.1, 0.15) is 5.60 Å². The van der Waals surface area contributed by atoms with Crippen LogP contribution in [-0.2, 0) is 4.74 Å². The summed E-state index contributed by atoms with van der Waals surface area (Å²) in [5, 5.41) is 5.63. The summed E-state index contributed by atoms with van der Waals surface area (Å²) >= 11 is 0. The van der Waals surface area contributed by atoms with Crippen molar-refractivity contribution in [1.29, 1.82) is 0 Å². The highest BCUT2D eigenvalue weighted by Gasteiger charge is 2.26. The van der Waals surface area contributed by atoms with Gasteiger partial charge in [-0.15, -0.1) is 0 Å². The van der Waals surface area contributed by atoms with E-state index in [4.69, 9.17) is 4.74 Å². The van der Waals surface area contributed by atoms with Gasteiger partial charge in [-0.1, -0.05) is 12.1 Å². The number of hydrogen-bond acceptors (Lipinski definition) is 4. The second kappa shape index (κ2) is 8.21. The van der Waals surface area contributed by atoms with E-state index < -0.39 is 11.7 Å². The molecule has 1 fully saturated rings. The molecule has 1 aromatic rings. The molecule has 1 atom stereocenters. The van der Waals surface area contributed by atoms with Gasteiger partial charge in [0.2, 0.25) is 0 Å². The number of alkyl carbamates (subject to hydrolysis) is 1. The van der Waals surface area contributed by atoms with Crippen LogP contribution in [0.25, 0.3) is 0 Å². The van der Waals surface area contributed by atoms with Crippen LogP contribution in [0, 0.1) is 0 Å². The number of carbonyl (C=O) groups excluding carboxylic acids is 3. The van der Waals surface area contributed by atoms with Crippen molar-refractivity contribution in [3.63, 3.8) is 0 Å². The molecule has 26 heavy (non-hydrogen) atoms. The van der Waals surface area contributed by atoms with Crippen LogP contribution < -0.4 is 10.6 Å². The van der Waals surface area contributed by atoms with E-state index in [0.717, 1.165) is 12.8 Å². The number of nitrogens with one attached hydrogen (secondary N) is 2. The van der Waals surface area contributed by atoms with Crippen molar-refractivity contribution in [3.05, 3.63) is 29.8 Å². The molecular weight excluding hydrogens is 334 g/mol. The number of rotatable bonds is 3. The molecule has 0 unspecified atom stereocenters. The number of ketones is 1. The van der Waals surface area contributed by atoms with E-state index in [1.165, 1.54) is 6.92 Å². The van der Waals surface area contributed by atoms with Crippen LogP contribution in [0.2, 0.25) is 0 Å². The zero-order valence-corrected chi connectivity index (χ0v) is 15.8. The standard InChI is InChI=1S/C19H27N3O4/c1-13(23)14-7-5-8-15(11-14)20-17(24)22-10-6-9-16(12-22)21-18(25)26-19(2,3)4/h5,7-8,11,16H,6,9-10,12H2,1-4H3,(H,20,24)(H,21,25)/t16-/m1/s1. The largest absolute Gasteiger partial charge is 0.444 e. The van der Waals surface area contributed by atoms with Gasteiger partial charge in [0.05, 0.1) is 0 Å². The quantitative estimate of drug-likeness (QED) is 0.808. The van der Waals surface area contributed by atoms with Gasteiger partial charge in [-0.3, -0.25) is 4.79 Å². The van der Waals surface area contributed by atoms with E-state index in [-0.39, 0.29) is 17.9 Å². The van der Waals surface area contributed by atoms with Gasteiger partial charge < -0.3 is 20.3 Å². The van der Waals surface area contributed by atoms with Crippen LogP contribution >= 0.6 is 0 Å². The molecule has 1 heterocycles. The third kappa shape index (κ3) is 6.06. The van der Waals surface area contributed by atoms with Gasteiger partial charge in [0.15, 0.2) is 5.78 Å². The summed E-state index contributed by atoms with van der Waals surface area (Å²) in [5.41, 5.74) is 0.563. The molecule has 0 aliphatic carbocycles. The molecule has 1 saturated heterocycles. The van der Waals surface area contributed by atoms with Crippen LogP contribution in [0.3, 0.4) is 0 Å². The Morgan fingerprint density at radius 1 is 1.23 bits per heavy atom. The highest BCUT2D eigenvalue weighted by Crippen LogP contribution is 2.16. The van der Waals surface area contributed by atoms with Crippen LogP contribution in [0.4, 0.5) is 15.3 Å². The Bertz CT molecular complexity index is 682. The number of hydrogen-bond donors (Lipinski definition) is 2. The second-order valence-corrected chi connectivity index (χ2v) is 7.50. The van der Waals surface area contributed by atoms with Crippen molar-refractivity contribution in [2.75, 3.05) is 18.4 Å². The lowest BCUT2D eigenvalue weighted by atomic mass is 10.1. The van der Waals surface area contributed by atoms with Gasteiger partial charge in [-0.05, 0) is 52.7 Å². The number of likely N-dealkylation sites (tertiary alicyclic amines) is 1. The Morgan fingerprint density at radius 2 is 1.96 bits per heavy atom. The lowest BCUT2D eigenvalue weighted by Gasteiger charge is -2.33. The van der Waals surface area contributed by atoms with Gasteiger partial charge >= 0.3 is 12.1 Å². The van der Waals surface area contributed by atoms with Gasteiger partial charge in [-0.2, -0.15) is 0 Å². The lowest BCUT2D eigenvalue weighted by Crippen LogP contribution is -2.51. The Morgan fingerprint density at radius 3 is 2.62 bits per heavy atom. The summed E-state index contributed by atoms with van der Waals surface area (Å²) in [5.74, 6) is -0.0549. The Balaban J connectivity index is 1.92. The number of ether oxygens (including phenoxy) is 1. The number of carbonyl (C=O) groups is 3. The number of amides is 3. The van der Waals surface area contributed by atoms with Crippen molar-refractivity contribution in [1.82, 2.24) is 10.2 Å². The highest BCUT2D eigenvalue weighted by molar-refractivity contribution is 5.96. The van der Waals surface area contributed by atoms with Crippen LogP contribution in [0.15, 0.2) is 24.3 Å². The Hall–Kier alpha value is -2.57. The van der Waals surface area contributed by atoms with E-state index in [0.29, 0.717) is 24.3 Å². The average Bonchev–Trinajstić information content (AvgIpc) is 2.53. The number of piperidine rings is 1. The number of nitrogens with zero attached hydrogens (tertiary/aromatic N) is 1. The normalized spacial score (nSPS) is 17.4. The molecule has 1 aromatic carbocycles. The predicted molar refractivity (Wildman–Crippen MR) is 99.4 cm³/mol. The molecule has 2 N–H and O–H groups in total. The lowest BCUT2D eigenvalue weighted by molar-refractivity contribution is 0.0480. The minimum Gasteiger partial charge on any atom is -0.444 e. The first-order valence-corrected chi connectivity index (χ1v) is 8.80. The van der Waals surface area contributed by atoms with E-state index in [1.807, 2.05) is 20.8 Å². The van der Waals surface area contributed by atoms with Crippen LogP contribution in [0.1, 0.15) is 50.9 Å². The SMILES string of the molecule is CC(=O)c1cccc(NC(=O)N2CCC[C@@H](NC(=O)OC(C)(C)C)C2)c1. The molecular formula is C19H27N3O4. The maximum Gasteiger partial charge on any atom is 0.407 e. The molecule has 0 aromatic heterocycles. The van der Waals surface area contributed by atoms with Crippen molar-refractivity contribution in [2.45, 2.75) is 52.2 Å². The maximum atomic E-state index is 12.5. The number of benzene rings is 1. The fourth-order valence-corrected chi connectivity index (χ4v) is 2.77. The fourth-order valence-electron chi connectivity index (χ4n) is 2.77. The molecule has 7 heteroatoms. The Kier molecular flexibility index (Phi) is 6.23. The number of Topliss-reactive ketones (excluding diaryl/α,β-unsaturated/α-hetero) is 1. The van der Waals surface area contributed by atoms with Crippen molar-refractivity contribution in [3.8, 4) is 0 Å². The van der Waals surface area contributed by atoms with Crippen LogP contribution in [0.5, 0.6) is 0 Å². The van der Waals surface area contributed by atoms with Crippen molar-refractivity contribution >= 4 is 23.6 Å². The summed E-state index contributed by atoms with van der Waals surface area (Å²) in [6, 6.07) is 6.44. The highest BCUT2D eigenvalue weighted by atomic mass is 16.6. The molecule has 0 spiro atoms.